The number of pyridine rings is 1. The number of nitrogens with one attached hydrogen (secondary N) is 1. The third-order valence-corrected chi connectivity index (χ3v) is 5.98. The van der Waals surface area contributed by atoms with Crippen LogP contribution in [-0.4, -0.2) is 32.8 Å². The van der Waals surface area contributed by atoms with E-state index in [0.29, 0.717) is 23.8 Å². The predicted octanol–water partition coefficient (Wildman–Crippen LogP) is 3.41. The molecule has 0 bridgehead atoms. The molecule has 1 aromatic carbocycles. The summed E-state index contributed by atoms with van der Waals surface area (Å²) < 4.78 is 7.83. The van der Waals surface area contributed by atoms with Crippen LogP contribution in [0.1, 0.15) is 42.5 Å². The molecule has 3 aromatic rings. The average Bonchev–Trinajstić information content (AvgIpc) is 3.23. The zero-order valence-electron chi connectivity index (χ0n) is 16.1. The fraction of sp³-hybridized carbons (Fsp3) is 0.409. The second-order valence-corrected chi connectivity index (χ2v) is 7.91. The van der Waals surface area contributed by atoms with Crippen molar-refractivity contribution >= 4 is 0 Å². The molecule has 2 fully saturated rings. The second kappa shape index (κ2) is 7.02. The van der Waals surface area contributed by atoms with Crippen molar-refractivity contribution in [2.75, 3.05) is 13.1 Å². The smallest absolute Gasteiger partial charge is 0.188 e. The molecule has 1 aliphatic carbocycles. The molecule has 1 N–H and O–H groups in total. The molecular formula is C22H25N5O. The summed E-state index contributed by atoms with van der Waals surface area (Å²) >= 11 is 0. The van der Waals surface area contributed by atoms with Crippen LogP contribution < -0.4 is 10.1 Å². The molecule has 6 heteroatoms. The molecule has 1 saturated heterocycles. The highest BCUT2D eigenvalue weighted by Gasteiger charge is 2.57. The molecule has 3 heterocycles. The van der Waals surface area contributed by atoms with Gasteiger partial charge in [0.15, 0.2) is 11.6 Å². The maximum Gasteiger partial charge on any atom is 0.188 e. The highest BCUT2D eigenvalue weighted by atomic mass is 16.5. The molecule has 1 spiro atoms. The van der Waals surface area contributed by atoms with Crippen LogP contribution in [0.25, 0.3) is 5.82 Å². The number of aromatic nitrogens is 4. The topological polar surface area (TPSA) is 64.9 Å². The molecule has 0 amide bonds. The molecule has 0 unspecified atom stereocenters. The van der Waals surface area contributed by atoms with Crippen LogP contribution in [0, 0.1) is 12.3 Å². The van der Waals surface area contributed by atoms with E-state index in [1.807, 2.05) is 60.1 Å². The Morgan fingerprint density at radius 3 is 2.68 bits per heavy atom. The first-order valence-corrected chi connectivity index (χ1v) is 10.0. The number of ether oxygens (including phenoxy) is 1. The highest BCUT2D eigenvalue weighted by Crippen LogP contribution is 2.63. The van der Waals surface area contributed by atoms with E-state index in [4.69, 9.17) is 14.8 Å². The number of para-hydroxylation sites is 1. The van der Waals surface area contributed by atoms with Crippen molar-refractivity contribution in [1.82, 2.24) is 25.1 Å². The summed E-state index contributed by atoms with van der Waals surface area (Å²) in [5.74, 6) is 3.86. The summed E-state index contributed by atoms with van der Waals surface area (Å²) in [6.45, 7) is 4.55. The van der Waals surface area contributed by atoms with Gasteiger partial charge in [0.2, 0.25) is 0 Å². The zero-order chi connectivity index (χ0) is 19.0. The quantitative estimate of drug-likeness (QED) is 0.740. The molecule has 1 aliphatic heterocycles. The summed E-state index contributed by atoms with van der Waals surface area (Å²) in [5.41, 5.74) is 1.37. The van der Waals surface area contributed by atoms with Gasteiger partial charge in [-0.05, 0) is 69.0 Å². The summed E-state index contributed by atoms with van der Waals surface area (Å²) in [6, 6.07) is 15.8. The normalized spacial score (nSPS) is 20.2. The van der Waals surface area contributed by atoms with Crippen molar-refractivity contribution in [3.05, 3.63) is 65.9 Å². The lowest BCUT2D eigenvalue weighted by Crippen LogP contribution is -2.29. The maximum absolute atomic E-state index is 5.89. The Morgan fingerprint density at radius 2 is 1.89 bits per heavy atom. The number of rotatable bonds is 5. The van der Waals surface area contributed by atoms with E-state index >= 15 is 0 Å². The van der Waals surface area contributed by atoms with E-state index in [9.17, 15) is 0 Å². The number of benzene rings is 1. The minimum Gasteiger partial charge on any atom is -0.486 e. The van der Waals surface area contributed by atoms with Crippen LogP contribution >= 0.6 is 0 Å². The number of hydrogen-bond acceptors (Lipinski definition) is 5. The van der Waals surface area contributed by atoms with Gasteiger partial charge in [-0.3, -0.25) is 0 Å². The Kier molecular flexibility index (Phi) is 4.36. The summed E-state index contributed by atoms with van der Waals surface area (Å²) in [5, 5.41) is 8.25. The molecule has 0 radical (unpaired) electrons. The van der Waals surface area contributed by atoms with Crippen molar-refractivity contribution in [2.45, 2.75) is 38.7 Å². The van der Waals surface area contributed by atoms with Gasteiger partial charge >= 0.3 is 0 Å². The molecule has 144 valence electrons. The first kappa shape index (κ1) is 17.4. The van der Waals surface area contributed by atoms with E-state index in [1.54, 1.807) is 0 Å². The van der Waals surface area contributed by atoms with Crippen molar-refractivity contribution in [1.29, 1.82) is 0 Å². The van der Waals surface area contributed by atoms with Gasteiger partial charge < -0.3 is 10.1 Å². The molecule has 1 saturated carbocycles. The number of aryl methyl sites for hydroxylation is 1. The third kappa shape index (κ3) is 3.29. The highest BCUT2D eigenvalue weighted by molar-refractivity contribution is 5.30. The average molecular weight is 375 g/mol. The molecule has 2 aliphatic rings. The van der Waals surface area contributed by atoms with Gasteiger partial charge in [0.05, 0.1) is 0 Å². The van der Waals surface area contributed by atoms with Crippen LogP contribution in [0.2, 0.25) is 0 Å². The van der Waals surface area contributed by atoms with Crippen molar-refractivity contribution in [3.8, 4) is 11.6 Å². The zero-order valence-corrected chi connectivity index (χ0v) is 16.1. The van der Waals surface area contributed by atoms with Crippen LogP contribution in [0.15, 0.2) is 48.5 Å². The number of piperidine rings is 1. The van der Waals surface area contributed by atoms with Crippen LogP contribution in [0.5, 0.6) is 5.75 Å². The van der Waals surface area contributed by atoms with Gasteiger partial charge in [-0.1, -0.05) is 24.3 Å². The van der Waals surface area contributed by atoms with Gasteiger partial charge in [-0.15, -0.1) is 5.10 Å². The van der Waals surface area contributed by atoms with Gasteiger partial charge in [0.1, 0.15) is 18.2 Å². The van der Waals surface area contributed by atoms with Crippen molar-refractivity contribution in [2.24, 2.45) is 5.41 Å². The molecule has 1 atom stereocenters. The largest absolute Gasteiger partial charge is 0.486 e. The Labute approximate surface area is 165 Å². The minimum atomic E-state index is 0.358. The lowest BCUT2D eigenvalue weighted by molar-refractivity contribution is 0.295. The molecule has 6 nitrogen and oxygen atoms in total. The fourth-order valence-electron chi connectivity index (χ4n) is 4.33. The van der Waals surface area contributed by atoms with Gasteiger partial charge in [-0.25, -0.2) is 9.97 Å². The molecular weight excluding hydrogens is 350 g/mol. The fourth-order valence-corrected chi connectivity index (χ4v) is 4.33. The van der Waals surface area contributed by atoms with E-state index in [0.717, 1.165) is 36.2 Å². The lowest BCUT2D eigenvalue weighted by Gasteiger charge is -2.23. The monoisotopic (exact) mass is 375 g/mol. The second-order valence-electron chi connectivity index (χ2n) is 7.91. The van der Waals surface area contributed by atoms with Gasteiger partial charge in [-0.2, -0.15) is 4.68 Å². The lowest BCUT2D eigenvalue weighted by atomic mass is 9.92. The molecule has 2 aromatic heterocycles. The summed E-state index contributed by atoms with van der Waals surface area (Å²) in [4.78, 5) is 9.60. The first-order chi connectivity index (χ1) is 13.7. The Balaban J connectivity index is 1.45. The van der Waals surface area contributed by atoms with Crippen LogP contribution in [0.4, 0.5) is 0 Å². The Morgan fingerprint density at radius 1 is 1.07 bits per heavy atom. The third-order valence-electron chi connectivity index (χ3n) is 5.98. The SMILES string of the molecule is Cc1cccc(-n2nc(COc3ccccc3)nc2[C@@H]2CC23CCNCC3)n1. The van der Waals surface area contributed by atoms with Crippen molar-refractivity contribution in [3.63, 3.8) is 0 Å². The number of hydrogen-bond donors (Lipinski definition) is 1. The van der Waals surface area contributed by atoms with Crippen LogP contribution in [0.3, 0.4) is 0 Å². The first-order valence-electron chi connectivity index (χ1n) is 10.0. The van der Waals surface area contributed by atoms with E-state index in [1.165, 1.54) is 19.3 Å². The van der Waals surface area contributed by atoms with E-state index in [-0.39, 0.29) is 0 Å². The minimum absolute atomic E-state index is 0.358. The van der Waals surface area contributed by atoms with Crippen molar-refractivity contribution < 1.29 is 4.74 Å². The maximum atomic E-state index is 5.89. The summed E-state index contributed by atoms with van der Waals surface area (Å²) in [6.07, 6.45) is 3.61. The van der Waals surface area contributed by atoms with E-state index < -0.39 is 0 Å². The molecule has 28 heavy (non-hydrogen) atoms. The standard InChI is InChI=1S/C22H25N5O/c1-16-6-5-9-20(24-16)27-21(18-14-22(18)10-12-23-13-11-22)25-19(26-27)15-28-17-7-3-2-4-8-17/h2-9,18,23H,10-15H2,1H3/t18-/m0/s1. The van der Waals surface area contributed by atoms with Gasteiger partial charge in [0.25, 0.3) is 0 Å². The van der Waals surface area contributed by atoms with E-state index in [2.05, 4.69) is 10.3 Å². The van der Waals surface area contributed by atoms with Crippen LogP contribution in [-0.2, 0) is 6.61 Å². The summed E-state index contributed by atoms with van der Waals surface area (Å²) in [7, 11) is 0. The Hall–Kier alpha value is -2.73. The molecule has 5 rings (SSSR count). The predicted molar refractivity (Wildman–Crippen MR) is 107 cm³/mol. The number of nitrogens with zero attached hydrogens (tertiary/aromatic N) is 4. The Bertz CT molecular complexity index is 962. The van der Waals surface area contributed by atoms with Gasteiger partial charge in [0, 0.05) is 11.6 Å².